The summed E-state index contributed by atoms with van der Waals surface area (Å²) in [5, 5.41) is 11.0. The third-order valence-corrected chi connectivity index (χ3v) is 2.50. The highest BCUT2D eigenvalue weighted by molar-refractivity contribution is 6.32. The molecule has 2 aromatic rings. The molecule has 0 bridgehead atoms. The van der Waals surface area contributed by atoms with Crippen molar-refractivity contribution in [3.63, 3.8) is 0 Å². The Kier molecular flexibility index (Phi) is 3.43. The molecule has 0 aliphatic heterocycles. The Morgan fingerprint density at radius 1 is 1.17 bits per heavy atom. The van der Waals surface area contributed by atoms with Crippen molar-refractivity contribution in [1.29, 1.82) is 0 Å². The molecule has 0 spiro atoms. The third-order valence-electron chi connectivity index (χ3n) is 2.19. The van der Waals surface area contributed by atoms with Gasteiger partial charge in [-0.3, -0.25) is 10.1 Å². The molecule has 0 atom stereocenters. The smallest absolute Gasteiger partial charge is 0.314 e. The molecular weight excluding hydrogens is 261 g/mol. The number of benzene rings is 2. The summed E-state index contributed by atoms with van der Waals surface area (Å²) in [6, 6.07) is 9.84. The zero-order valence-corrected chi connectivity index (χ0v) is 9.73. The van der Waals surface area contributed by atoms with Crippen molar-refractivity contribution in [2.75, 3.05) is 0 Å². The number of nitro benzene ring substituents is 1. The van der Waals surface area contributed by atoms with Gasteiger partial charge in [0.05, 0.1) is 9.95 Å². The van der Waals surface area contributed by atoms with E-state index in [1.807, 2.05) is 0 Å². The molecule has 92 valence electrons. The fourth-order valence-corrected chi connectivity index (χ4v) is 1.55. The fourth-order valence-electron chi connectivity index (χ4n) is 1.38. The van der Waals surface area contributed by atoms with Gasteiger partial charge in [-0.15, -0.1) is 0 Å². The van der Waals surface area contributed by atoms with Crippen LogP contribution in [0, 0.1) is 15.9 Å². The molecule has 0 aromatic heterocycles. The lowest BCUT2D eigenvalue weighted by molar-refractivity contribution is -0.385. The van der Waals surface area contributed by atoms with Crippen LogP contribution in [0.1, 0.15) is 0 Å². The van der Waals surface area contributed by atoms with E-state index < -0.39 is 22.2 Å². The summed E-state index contributed by atoms with van der Waals surface area (Å²) in [6.07, 6.45) is 0. The van der Waals surface area contributed by atoms with Crippen molar-refractivity contribution >= 4 is 17.3 Å². The van der Waals surface area contributed by atoms with Crippen molar-refractivity contribution in [2.45, 2.75) is 0 Å². The second-order valence-corrected chi connectivity index (χ2v) is 3.78. The van der Waals surface area contributed by atoms with Crippen LogP contribution in [0.3, 0.4) is 0 Å². The zero-order chi connectivity index (χ0) is 13.1. The monoisotopic (exact) mass is 267 g/mol. The minimum absolute atomic E-state index is 0.160. The molecule has 18 heavy (non-hydrogen) atoms. The first-order valence-corrected chi connectivity index (χ1v) is 5.32. The van der Waals surface area contributed by atoms with Gasteiger partial charge >= 0.3 is 5.69 Å². The van der Waals surface area contributed by atoms with Crippen molar-refractivity contribution in [2.24, 2.45) is 0 Å². The van der Waals surface area contributed by atoms with Gasteiger partial charge in [-0.1, -0.05) is 29.8 Å². The summed E-state index contributed by atoms with van der Waals surface area (Å²) in [7, 11) is 0. The Morgan fingerprint density at radius 3 is 2.56 bits per heavy atom. The lowest BCUT2D eigenvalue weighted by Crippen LogP contribution is -1.96. The average molecular weight is 268 g/mol. The van der Waals surface area contributed by atoms with E-state index in [4.69, 9.17) is 16.3 Å². The second-order valence-electron chi connectivity index (χ2n) is 3.38. The molecule has 6 heteroatoms. The molecule has 0 saturated carbocycles. The van der Waals surface area contributed by atoms with Crippen molar-refractivity contribution in [1.82, 2.24) is 0 Å². The maximum atomic E-state index is 13.6. The molecule has 0 radical (unpaired) electrons. The lowest BCUT2D eigenvalue weighted by Gasteiger charge is -2.08. The highest BCUT2D eigenvalue weighted by Crippen LogP contribution is 2.36. The number of para-hydroxylation sites is 2. The van der Waals surface area contributed by atoms with Gasteiger partial charge in [0.25, 0.3) is 0 Å². The van der Waals surface area contributed by atoms with E-state index in [2.05, 4.69) is 0 Å². The molecule has 2 aromatic carbocycles. The van der Waals surface area contributed by atoms with E-state index in [1.54, 1.807) is 18.2 Å². The van der Waals surface area contributed by atoms with Gasteiger partial charge in [0.15, 0.2) is 5.82 Å². The van der Waals surface area contributed by atoms with E-state index in [0.717, 1.165) is 12.1 Å². The summed E-state index contributed by atoms with van der Waals surface area (Å²) in [6.45, 7) is 0. The van der Waals surface area contributed by atoms with Gasteiger partial charge in [0.1, 0.15) is 5.75 Å². The Balaban J connectivity index is 2.46. The number of nitrogens with zero attached hydrogens (tertiary/aromatic N) is 1. The first-order valence-electron chi connectivity index (χ1n) is 4.95. The van der Waals surface area contributed by atoms with Crippen molar-refractivity contribution in [3.8, 4) is 11.5 Å². The van der Waals surface area contributed by atoms with Crippen LogP contribution >= 0.6 is 11.6 Å². The summed E-state index contributed by atoms with van der Waals surface area (Å²) >= 11 is 5.84. The fraction of sp³-hybridized carbons (Fsp3) is 0. The van der Waals surface area contributed by atoms with Crippen molar-refractivity contribution < 1.29 is 14.1 Å². The Hall–Kier alpha value is -2.14. The maximum absolute atomic E-state index is 13.6. The molecule has 0 N–H and O–H groups in total. The van der Waals surface area contributed by atoms with Gasteiger partial charge in [0.2, 0.25) is 5.75 Å². The Morgan fingerprint density at radius 2 is 1.89 bits per heavy atom. The van der Waals surface area contributed by atoms with E-state index >= 15 is 0 Å². The standard InChI is InChI=1S/C12H7ClFNO3/c13-8-4-1-2-7-11(8)18-12-9(14)5-3-6-10(12)15(16)17/h1-7H. The summed E-state index contributed by atoms with van der Waals surface area (Å²) in [5.41, 5.74) is -0.449. The minimum atomic E-state index is -0.816. The summed E-state index contributed by atoms with van der Waals surface area (Å²) in [5.74, 6) is -1.10. The van der Waals surface area contributed by atoms with Crippen LogP contribution in [-0.4, -0.2) is 4.92 Å². The Labute approximate surface area is 107 Å². The molecule has 0 fully saturated rings. The van der Waals surface area contributed by atoms with E-state index in [-0.39, 0.29) is 10.8 Å². The molecule has 0 aliphatic carbocycles. The van der Waals surface area contributed by atoms with Crippen LogP contribution < -0.4 is 4.74 Å². The molecule has 0 amide bonds. The molecule has 0 heterocycles. The first kappa shape index (κ1) is 12.3. The normalized spacial score (nSPS) is 10.1. The first-order chi connectivity index (χ1) is 8.59. The van der Waals surface area contributed by atoms with Gasteiger partial charge < -0.3 is 4.74 Å². The lowest BCUT2D eigenvalue weighted by atomic mass is 10.3. The summed E-state index contributed by atoms with van der Waals surface area (Å²) < 4.78 is 18.7. The number of halogens is 2. The summed E-state index contributed by atoms with van der Waals surface area (Å²) in [4.78, 5) is 10.1. The van der Waals surface area contributed by atoms with E-state index in [1.165, 1.54) is 12.1 Å². The molecule has 0 aliphatic rings. The topological polar surface area (TPSA) is 52.4 Å². The minimum Gasteiger partial charge on any atom is -0.446 e. The third kappa shape index (κ3) is 2.41. The predicted octanol–water partition coefficient (Wildman–Crippen LogP) is 4.18. The number of hydrogen-bond acceptors (Lipinski definition) is 3. The van der Waals surface area contributed by atoms with E-state index in [0.29, 0.717) is 0 Å². The van der Waals surface area contributed by atoms with Crippen molar-refractivity contribution in [3.05, 3.63) is 63.4 Å². The highest BCUT2D eigenvalue weighted by Gasteiger charge is 2.20. The zero-order valence-electron chi connectivity index (χ0n) is 8.97. The van der Waals surface area contributed by atoms with E-state index in [9.17, 15) is 14.5 Å². The van der Waals surface area contributed by atoms with Gasteiger partial charge in [-0.25, -0.2) is 4.39 Å². The maximum Gasteiger partial charge on any atom is 0.314 e. The highest BCUT2D eigenvalue weighted by atomic mass is 35.5. The van der Waals surface area contributed by atoms with Gasteiger partial charge in [-0.05, 0) is 18.2 Å². The van der Waals surface area contributed by atoms with Crippen LogP contribution in [0.2, 0.25) is 5.02 Å². The van der Waals surface area contributed by atoms with Gasteiger partial charge in [0, 0.05) is 6.07 Å². The average Bonchev–Trinajstić information content (AvgIpc) is 2.34. The number of ether oxygens (including phenoxy) is 1. The van der Waals surface area contributed by atoms with Crippen LogP contribution in [-0.2, 0) is 0 Å². The van der Waals surface area contributed by atoms with Gasteiger partial charge in [-0.2, -0.15) is 0 Å². The number of hydrogen-bond donors (Lipinski definition) is 0. The molecule has 0 saturated heterocycles. The van der Waals surface area contributed by atoms with Crippen LogP contribution in [0.4, 0.5) is 10.1 Å². The number of rotatable bonds is 3. The quantitative estimate of drug-likeness (QED) is 0.619. The Bertz CT molecular complexity index is 604. The molecule has 2 rings (SSSR count). The van der Waals surface area contributed by atoms with Crippen LogP contribution in [0.15, 0.2) is 42.5 Å². The molecule has 0 unspecified atom stereocenters. The number of nitro groups is 1. The van der Waals surface area contributed by atoms with Crippen LogP contribution in [0.5, 0.6) is 11.5 Å². The molecule has 4 nitrogen and oxygen atoms in total. The van der Waals surface area contributed by atoms with Crippen LogP contribution in [0.25, 0.3) is 0 Å². The molecular formula is C12H7ClFNO3. The SMILES string of the molecule is O=[N+]([O-])c1cccc(F)c1Oc1ccccc1Cl. The second kappa shape index (κ2) is 5.01. The predicted molar refractivity (Wildman–Crippen MR) is 64.6 cm³/mol. The largest absolute Gasteiger partial charge is 0.446 e.